The molecule has 56 valence electrons. The van der Waals surface area contributed by atoms with Crippen LogP contribution in [0.2, 0.25) is 0 Å². The highest BCUT2D eigenvalue weighted by atomic mass is 16.5. The van der Waals surface area contributed by atoms with E-state index in [0.717, 1.165) is 11.3 Å². The summed E-state index contributed by atoms with van der Waals surface area (Å²) in [5.74, 6) is 2.76. The third-order valence-electron chi connectivity index (χ3n) is 1.35. The molecule has 1 aromatic carbocycles. The van der Waals surface area contributed by atoms with Crippen molar-refractivity contribution in [2.24, 2.45) is 0 Å². The van der Waals surface area contributed by atoms with E-state index in [1.54, 1.807) is 7.11 Å². The van der Waals surface area contributed by atoms with Crippen molar-refractivity contribution in [2.45, 2.75) is 0 Å². The maximum absolute atomic E-state index is 8.31. The molecular weight excluding hydrogens is 138 g/mol. The Balaban J connectivity index is 2.91. The molecule has 0 fully saturated rings. The number of nitrogens with zero attached hydrogens (tertiary/aromatic N) is 1. The monoisotopic (exact) mass is 146 g/mol. The fraction of sp³-hybridized carbons (Fsp3) is 0.111. The molecule has 0 unspecified atom stereocenters. The van der Waals surface area contributed by atoms with E-state index in [1.807, 2.05) is 30.1 Å². The zero-order chi connectivity index (χ0) is 8.10. The lowest BCUT2D eigenvalue weighted by atomic mass is 10.2. The van der Waals surface area contributed by atoms with Gasteiger partial charge in [-0.1, -0.05) is 12.1 Å². The quantitative estimate of drug-likeness (QED) is 0.587. The van der Waals surface area contributed by atoms with E-state index in [0.29, 0.717) is 0 Å². The summed E-state index contributed by atoms with van der Waals surface area (Å²) in [6, 6.07) is 7.32. The van der Waals surface area contributed by atoms with Crippen molar-refractivity contribution >= 4 is 11.9 Å². The molecule has 0 radical (unpaired) electrons. The maximum Gasteiger partial charge on any atom is 0.118 e. The Hall–Kier alpha value is -1.53. The summed E-state index contributed by atoms with van der Waals surface area (Å²) in [5.41, 5.74) is 0.897. The van der Waals surface area contributed by atoms with Crippen molar-refractivity contribution in [1.29, 1.82) is 0 Å². The highest BCUT2D eigenvalue weighted by Crippen LogP contribution is 2.11. The van der Waals surface area contributed by atoms with E-state index in [-0.39, 0.29) is 0 Å². The van der Waals surface area contributed by atoms with Gasteiger partial charge in [-0.15, -0.1) is 0 Å². The van der Waals surface area contributed by atoms with Crippen molar-refractivity contribution in [3.05, 3.63) is 35.2 Å². The van der Waals surface area contributed by atoms with Crippen LogP contribution in [0.15, 0.2) is 24.3 Å². The van der Waals surface area contributed by atoms with Gasteiger partial charge in [0.25, 0.3) is 0 Å². The van der Waals surface area contributed by atoms with E-state index in [1.165, 1.54) is 6.08 Å². The first-order chi connectivity index (χ1) is 5.36. The highest BCUT2D eigenvalue weighted by Gasteiger charge is 1.87. The maximum atomic E-state index is 8.31. The Bertz CT molecular complexity index is 270. The fourth-order valence-corrected chi connectivity index (χ4v) is 0.775. The predicted octanol–water partition coefficient (Wildman–Crippen LogP) is 1.95. The molecule has 0 amide bonds. The molecule has 0 bridgehead atoms. The van der Waals surface area contributed by atoms with Crippen LogP contribution in [0.25, 0.3) is 11.5 Å². The molecule has 0 aliphatic carbocycles. The second-order valence-electron chi connectivity index (χ2n) is 2.05. The SMILES string of the molecule is COc1ccc(C=C=[N-])cc1. The first-order valence-corrected chi connectivity index (χ1v) is 3.23. The summed E-state index contributed by atoms with van der Waals surface area (Å²) < 4.78 is 4.95. The van der Waals surface area contributed by atoms with Gasteiger partial charge >= 0.3 is 0 Å². The minimum Gasteiger partial charge on any atom is -0.763 e. The number of benzene rings is 1. The van der Waals surface area contributed by atoms with Gasteiger partial charge in [-0.3, -0.25) is 5.87 Å². The van der Waals surface area contributed by atoms with Crippen LogP contribution in [0.4, 0.5) is 0 Å². The molecule has 0 heterocycles. The zero-order valence-corrected chi connectivity index (χ0v) is 6.24. The summed E-state index contributed by atoms with van der Waals surface area (Å²) in [6.07, 6.45) is 1.49. The molecule has 0 aromatic heterocycles. The lowest BCUT2D eigenvalue weighted by Crippen LogP contribution is -1.81. The second-order valence-corrected chi connectivity index (χ2v) is 2.05. The van der Waals surface area contributed by atoms with Crippen LogP contribution in [0.5, 0.6) is 5.75 Å². The molecule has 2 nitrogen and oxygen atoms in total. The molecule has 11 heavy (non-hydrogen) atoms. The summed E-state index contributed by atoms with van der Waals surface area (Å²) in [6.45, 7) is 0. The summed E-state index contributed by atoms with van der Waals surface area (Å²) in [4.78, 5) is 0. The highest BCUT2D eigenvalue weighted by molar-refractivity contribution is 5.79. The molecular formula is C9H8NO-. The minimum absolute atomic E-state index is 0.806. The number of methoxy groups -OCH3 is 1. The van der Waals surface area contributed by atoms with Crippen molar-refractivity contribution in [3.8, 4) is 5.75 Å². The van der Waals surface area contributed by atoms with E-state index in [4.69, 9.17) is 10.1 Å². The Kier molecular flexibility index (Phi) is 2.47. The molecule has 0 N–H and O–H groups in total. The lowest BCUT2D eigenvalue weighted by molar-refractivity contribution is 0.415. The van der Waals surface area contributed by atoms with E-state index < -0.39 is 0 Å². The van der Waals surface area contributed by atoms with E-state index in [2.05, 4.69) is 0 Å². The van der Waals surface area contributed by atoms with Gasteiger partial charge in [0, 0.05) is 0 Å². The Labute approximate surface area is 65.6 Å². The second kappa shape index (κ2) is 3.59. The number of ether oxygens (including phenoxy) is 1. The molecule has 1 rings (SSSR count). The topological polar surface area (TPSA) is 31.5 Å². The molecule has 0 aliphatic rings. The zero-order valence-electron chi connectivity index (χ0n) is 6.24. The van der Waals surface area contributed by atoms with Crippen molar-refractivity contribution in [1.82, 2.24) is 0 Å². The van der Waals surface area contributed by atoms with Gasteiger partial charge in [0.15, 0.2) is 0 Å². The van der Waals surface area contributed by atoms with Crippen molar-refractivity contribution in [3.63, 3.8) is 0 Å². The molecule has 2 heteroatoms. The first-order valence-electron chi connectivity index (χ1n) is 3.23. The Morgan fingerprint density at radius 2 is 2.00 bits per heavy atom. The van der Waals surface area contributed by atoms with Gasteiger partial charge in [0.2, 0.25) is 0 Å². The summed E-state index contributed by atoms with van der Waals surface area (Å²) in [5, 5.41) is 8.31. The molecule has 0 saturated heterocycles. The average molecular weight is 146 g/mol. The van der Waals surface area contributed by atoms with Crippen LogP contribution < -0.4 is 4.74 Å². The van der Waals surface area contributed by atoms with Crippen LogP contribution in [0.3, 0.4) is 0 Å². The normalized spacial score (nSPS) is 8.45. The van der Waals surface area contributed by atoms with Gasteiger partial charge < -0.3 is 10.1 Å². The predicted molar refractivity (Wildman–Crippen MR) is 45.8 cm³/mol. The van der Waals surface area contributed by atoms with Crippen molar-refractivity contribution in [2.75, 3.05) is 7.11 Å². The van der Waals surface area contributed by atoms with Crippen LogP contribution in [-0.2, 0) is 0 Å². The molecule has 1 aromatic rings. The van der Waals surface area contributed by atoms with Crippen molar-refractivity contribution < 1.29 is 4.74 Å². The molecule has 0 spiro atoms. The third kappa shape index (κ3) is 1.95. The number of hydrogen-bond acceptors (Lipinski definition) is 1. The number of hydrogen-bond donors (Lipinski definition) is 0. The average Bonchev–Trinajstić information content (AvgIpc) is 2.07. The lowest BCUT2D eigenvalue weighted by Gasteiger charge is -1.98. The smallest absolute Gasteiger partial charge is 0.118 e. The van der Waals surface area contributed by atoms with Gasteiger partial charge in [-0.25, -0.2) is 0 Å². The first kappa shape index (κ1) is 7.58. The summed E-state index contributed by atoms with van der Waals surface area (Å²) in [7, 11) is 1.61. The van der Waals surface area contributed by atoms with Gasteiger partial charge in [0.1, 0.15) is 5.75 Å². The minimum atomic E-state index is 0.806. The fourth-order valence-electron chi connectivity index (χ4n) is 0.775. The van der Waals surface area contributed by atoms with Crippen LogP contribution in [-0.4, -0.2) is 13.0 Å². The van der Waals surface area contributed by atoms with Gasteiger partial charge in [0.05, 0.1) is 7.11 Å². The van der Waals surface area contributed by atoms with E-state index in [9.17, 15) is 0 Å². The van der Waals surface area contributed by atoms with Gasteiger partial charge in [-0.2, -0.15) is 0 Å². The Morgan fingerprint density at radius 3 is 2.45 bits per heavy atom. The van der Waals surface area contributed by atoms with Crippen LogP contribution >= 0.6 is 0 Å². The largest absolute Gasteiger partial charge is 0.763 e. The molecule has 0 aliphatic heterocycles. The Morgan fingerprint density at radius 1 is 1.36 bits per heavy atom. The van der Waals surface area contributed by atoms with Gasteiger partial charge in [-0.05, 0) is 23.8 Å². The molecule has 0 atom stereocenters. The standard InChI is InChI=1S/C9H8NO/c1-11-9-4-2-8(3-5-9)6-7-10/h2-6H,1H3/q-1. The number of rotatable bonds is 2. The molecule has 0 saturated carbocycles. The van der Waals surface area contributed by atoms with E-state index >= 15 is 0 Å². The third-order valence-corrected chi connectivity index (χ3v) is 1.35. The van der Waals surface area contributed by atoms with Crippen LogP contribution in [0, 0.1) is 0 Å². The summed E-state index contributed by atoms with van der Waals surface area (Å²) >= 11 is 0. The van der Waals surface area contributed by atoms with Crippen LogP contribution in [0.1, 0.15) is 5.56 Å².